The van der Waals surface area contributed by atoms with Gasteiger partial charge in [-0.05, 0) is 49.7 Å². The second-order valence-corrected chi connectivity index (χ2v) is 10.2. The van der Waals surface area contributed by atoms with Gasteiger partial charge in [0.25, 0.3) is 0 Å². The molecule has 48 heavy (non-hydrogen) atoms. The Morgan fingerprint density at radius 1 is 0.792 bits per heavy atom. The molecular weight excluding hydrogens is 673 g/mol. The molecule has 5 rings (SSSR count). The normalized spacial score (nSPS) is 15.5. The quantitative estimate of drug-likeness (QED) is 0.303. The molecule has 264 valence electrons. The van der Waals surface area contributed by atoms with Crippen molar-refractivity contribution >= 4 is 29.3 Å². The number of aromatic nitrogens is 3. The van der Waals surface area contributed by atoms with Crippen LogP contribution in [0.3, 0.4) is 0 Å². The van der Waals surface area contributed by atoms with Crippen LogP contribution in [0.5, 0.6) is 0 Å². The van der Waals surface area contributed by atoms with Crippen LogP contribution in [0.25, 0.3) is 0 Å². The predicted octanol–water partition coefficient (Wildman–Crippen LogP) is 5.40. The van der Waals surface area contributed by atoms with E-state index in [4.69, 9.17) is 29.7 Å². The van der Waals surface area contributed by atoms with Gasteiger partial charge in [-0.1, -0.05) is 18.2 Å². The van der Waals surface area contributed by atoms with E-state index in [1.807, 2.05) is 30.9 Å². The Morgan fingerprint density at radius 2 is 1.29 bits per heavy atom. The third kappa shape index (κ3) is 11.1. The van der Waals surface area contributed by atoms with Crippen molar-refractivity contribution in [1.29, 1.82) is 0 Å². The van der Waals surface area contributed by atoms with Crippen molar-refractivity contribution in [3.63, 3.8) is 0 Å². The number of carboxylic acids is 3. The highest BCUT2D eigenvalue weighted by molar-refractivity contribution is 5.74. The van der Waals surface area contributed by atoms with E-state index in [0.29, 0.717) is 0 Å². The molecule has 0 bridgehead atoms. The number of halogens is 9. The first-order valence-corrected chi connectivity index (χ1v) is 13.4. The van der Waals surface area contributed by atoms with Crippen LogP contribution in [0.4, 0.5) is 50.9 Å². The van der Waals surface area contributed by atoms with E-state index in [1.54, 1.807) is 0 Å². The molecular formula is C28H28F9N5O6. The fourth-order valence-electron chi connectivity index (χ4n) is 4.69. The van der Waals surface area contributed by atoms with Gasteiger partial charge in [-0.3, -0.25) is 9.88 Å². The highest BCUT2D eigenvalue weighted by Gasteiger charge is 2.45. The smallest absolute Gasteiger partial charge is 0.475 e. The molecule has 0 radical (unpaired) electrons. The molecule has 1 aromatic carbocycles. The van der Waals surface area contributed by atoms with Gasteiger partial charge in [0.1, 0.15) is 5.82 Å². The molecule has 1 spiro atoms. The summed E-state index contributed by atoms with van der Waals surface area (Å²) in [4.78, 5) is 40.5. The standard InChI is InChI=1S/C22H25N5.3C2HF3O2/c1-25-14-11-24-21(25)16-26-12-8-22(9-13-26)17-27(18-5-4-10-23-15-18)20-7-3-2-6-19(20)22;3*3-2(4,5)1(6)7/h2-7,10-11,14-15H,8-9,12-13,16-17H2,1H3;3*(H,6,7). The number of benzene rings is 1. The number of imidazole rings is 1. The summed E-state index contributed by atoms with van der Waals surface area (Å²) in [6.45, 7) is 4.21. The van der Waals surface area contributed by atoms with Gasteiger partial charge < -0.3 is 24.8 Å². The molecule has 0 saturated carbocycles. The summed E-state index contributed by atoms with van der Waals surface area (Å²) in [5.74, 6) is -7.12. The van der Waals surface area contributed by atoms with Gasteiger partial charge in [-0.2, -0.15) is 39.5 Å². The Morgan fingerprint density at radius 3 is 1.71 bits per heavy atom. The minimum atomic E-state index is -5.08. The summed E-state index contributed by atoms with van der Waals surface area (Å²) >= 11 is 0. The molecule has 0 aliphatic carbocycles. The Labute approximate surface area is 265 Å². The van der Waals surface area contributed by atoms with E-state index >= 15 is 0 Å². The molecule has 3 N–H and O–H groups in total. The number of fused-ring (bicyclic) bond motifs is 2. The largest absolute Gasteiger partial charge is 0.490 e. The number of nitrogens with zero attached hydrogens (tertiary/aromatic N) is 5. The SMILES string of the molecule is Cn1ccnc1CN1CCC2(CC1)CN(c1cccnc1)c1ccccc12.O=C(O)C(F)(F)F.O=C(O)C(F)(F)F.O=C(O)C(F)(F)F. The van der Waals surface area contributed by atoms with E-state index < -0.39 is 36.4 Å². The van der Waals surface area contributed by atoms with E-state index in [-0.39, 0.29) is 5.41 Å². The number of likely N-dealkylation sites (tertiary alicyclic amines) is 1. The van der Waals surface area contributed by atoms with Crippen molar-refractivity contribution in [2.75, 3.05) is 24.5 Å². The lowest BCUT2D eigenvalue weighted by molar-refractivity contribution is -0.193. The summed E-state index contributed by atoms with van der Waals surface area (Å²) in [5.41, 5.74) is 4.29. The van der Waals surface area contributed by atoms with Gasteiger partial charge in [0, 0.05) is 43.3 Å². The number of anilines is 2. The lowest BCUT2D eigenvalue weighted by Gasteiger charge is -2.39. The highest BCUT2D eigenvalue weighted by atomic mass is 19.4. The molecule has 2 aliphatic heterocycles. The number of carbonyl (C=O) groups is 3. The number of hydrogen-bond acceptors (Lipinski definition) is 7. The minimum absolute atomic E-state index is 0.241. The molecule has 2 aromatic heterocycles. The fourth-order valence-corrected chi connectivity index (χ4v) is 4.69. The number of aryl methyl sites for hydroxylation is 1. The van der Waals surface area contributed by atoms with Crippen molar-refractivity contribution in [2.24, 2.45) is 7.05 Å². The average Bonchev–Trinajstić information content (AvgIpc) is 3.55. The van der Waals surface area contributed by atoms with E-state index in [0.717, 1.165) is 32.0 Å². The van der Waals surface area contributed by atoms with Crippen LogP contribution in [-0.2, 0) is 33.4 Å². The molecule has 11 nitrogen and oxygen atoms in total. The van der Waals surface area contributed by atoms with Crippen LogP contribution >= 0.6 is 0 Å². The first-order valence-electron chi connectivity index (χ1n) is 13.4. The van der Waals surface area contributed by atoms with Gasteiger partial charge in [-0.25, -0.2) is 19.4 Å². The predicted molar refractivity (Wildman–Crippen MR) is 148 cm³/mol. The number of piperidine rings is 1. The number of carboxylic acid groups (broad SMARTS) is 3. The summed E-state index contributed by atoms with van der Waals surface area (Å²) in [5, 5.41) is 21.4. The number of hydrogen-bond donors (Lipinski definition) is 3. The minimum Gasteiger partial charge on any atom is -0.475 e. The molecule has 0 unspecified atom stereocenters. The van der Waals surface area contributed by atoms with E-state index in [9.17, 15) is 39.5 Å². The molecule has 20 heteroatoms. The van der Waals surface area contributed by atoms with Crippen molar-refractivity contribution in [1.82, 2.24) is 19.4 Å². The number of rotatable bonds is 3. The molecule has 0 atom stereocenters. The van der Waals surface area contributed by atoms with Crippen LogP contribution < -0.4 is 4.90 Å². The zero-order chi connectivity index (χ0) is 36.5. The third-order valence-electron chi connectivity index (χ3n) is 7.01. The van der Waals surface area contributed by atoms with Crippen LogP contribution in [0.2, 0.25) is 0 Å². The Hall–Kier alpha value is -4.88. The Bertz CT molecular complexity index is 1460. The summed E-state index contributed by atoms with van der Waals surface area (Å²) in [6.07, 6.45) is -5.14. The molecule has 1 fully saturated rings. The second-order valence-electron chi connectivity index (χ2n) is 10.2. The van der Waals surface area contributed by atoms with Gasteiger partial charge in [0.05, 0.1) is 18.4 Å². The number of alkyl halides is 9. The average molecular weight is 702 g/mol. The topological polar surface area (TPSA) is 149 Å². The maximum Gasteiger partial charge on any atom is 0.490 e. The molecule has 1 saturated heterocycles. The monoisotopic (exact) mass is 701 g/mol. The van der Waals surface area contributed by atoms with Gasteiger partial charge in [-0.15, -0.1) is 0 Å². The lowest BCUT2D eigenvalue weighted by atomic mass is 9.74. The number of aliphatic carboxylic acids is 3. The zero-order valence-electron chi connectivity index (χ0n) is 24.7. The van der Waals surface area contributed by atoms with E-state index in [2.05, 4.69) is 61.7 Å². The molecule has 2 aliphatic rings. The third-order valence-corrected chi connectivity index (χ3v) is 7.01. The van der Waals surface area contributed by atoms with Crippen molar-refractivity contribution in [2.45, 2.75) is 43.3 Å². The lowest BCUT2D eigenvalue weighted by Crippen LogP contribution is -2.44. The first-order chi connectivity index (χ1) is 22.1. The van der Waals surface area contributed by atoms with Crippen LogP contribution in [0.15, 0.2) is 61.2 Å². The van der Waals surface area contributed by atoms with E-state index in [1.165, 1.54) is 29.8 Å². The van der Waals surface area contributed by atoms with Crippen LogP contribution in [0, 0.1) is 0 Å². The van der Waals surface area contributed by atoms with Gasteiger partial charge >= 0.3 is 36.4 Å². The van der Waals surface area contributed by atoms with Gasteiger partial charge in [0.15, 0.2) is 0 Å². The van der Waals surface area contributed by atoms with Crippen LogP contribution in [0.1, 0.15) is 24.2 Å². The molecule has 0 amide bonds. The zero-order valence-corrected chi connectivity index (χ0v) is 24.7. The number of para-hydroxylation sites is 1. The summed E-state index contributed by atoms with van der Waals surface area (Å²) in [6, 6.07) is 13.1. The Kier molecular flexibility index (Phi) is 12.9. The highest BCUT2D eigenvalue weighted by Crippen LogP contribution is 2.49. The maximum atomic E-state index is 10.6. The van der Waals surface area contributed by atoms with Gasteiger partial charge in [0.2, 0.25) is 0 Å². The fraction of sp³-hybridized carbons (Fsp3) is 0.393. The van der Waals surface area contributed by atoms with Crippen molar-refractivity contribution in [3.8, 4) is 0 Å². The second kappa shape index (κ2) is 15.8. The van der Waals surface area contributed by atoms with Crippen molar-refractivity contribution in [3.05, 3.63) is 72.6 Å². The first kappa shape index (κ1) is 39.3. The number of pyridine rings is 1. The molecule has 3 aromatic rings. The Balaban J connectivity index is 0.000000313. The summed E-state index contributed by atoms with van der Waals surface area (Å²) in [7, 11) is 2.08. The molecule has 4 heterocycles. The maximum absolute atomic E-state index is 10.6. The van der Waals surface area contributed by atoms with Crippen LogP contribution in [-0.4, -0.2) is 90.8 Å². The summed E-state index contributed by atoms with van der Waals surface area (Å²) < 4.78 is 97.3. The van der Waals surface area contributed by atoms with Crippen molar-refractivity contribution < 1.29 is 69.2 Å².